The highest BCUT2D eigenvalue weighted by atomic mass is 16.5. The van der Waals surface area contributed by atoms with Crippen LogP contribution in [-0.2, 0) is 11.2 Å². The van der Waals surface area contributed by atoms with Gasteiger partial charge in [-0.25, -0.2) is 0 Å². The largest absolute Gasteiger partial charge is 0.508 e. The Kier molecular flexibility index (Phi) is 4.02. The standard InChI is InChI=1S/C14H21NO2/c1-10(8-9-17-2)15-13-7-6-12-11(13)4-3-5-14(12)16/h3-5,10,13,15-16H,6-9H2,1-2H3. The van der Waals surface area contributed by atoms with Crippen molar-refractivity contribution in [2.24, 2.45) is 0 Å². The van der Waals surface area contributed by atoms with E-state index < -0.39 is 0 Å². The van der Waals surface area contributed by atoms with E-state index in [0.717, 1.165) is 31.4 Å². The number of benzene rings is 1. The maximum atomic E-state index is 9.78. The average Bonchev–Trinajstić information content (AvgIpc) is 2.71. The minimum absolute atomic E-state index is 0.379. The number of methoxy groups -OCH3 is 1. The second kappa shape index (κ2) is 5.52. The van der Waals surface area contributed by atoms with E-state index in [0.29, 0.717) is 17.8 Å². The van der Waals surface area contributed by atoms with Crippen LogP contribution in [0.5, 0.6) is 5.75 Å². The molecule has 1 aliphatic rings. The number of rotatable bonds is 5. The molecule has 2 rings (SSSR count). The second-order valence-corrected chi connectivity index (χ2v) is 4.79. The van der Waals surface area contributed by atoms with E-state index in [1.807, 2.05) is 6.07 Å². The summed E-state index contributed by atoms with van der Waals surface area (Å²) in [6.45, 7) is 2.97. The van der Waals surface area contributed by atoms with Crippen molar-refractivity contribution in [3.63, 3.8) is 0 Å². The van der Waals surface area contributed by atoms with Crippen molar-refractivity contribution in [1.82, 2.24) is 5.32 Å². The molecule has 0 saturated carbocycles. The van der Waals surface area contributed by atoms with E-state index in [1.165, 1.54) is 5.56 Å². The van der Waals surface area contributed by atoms with Gasteiger partial charge in [0, 0.05) is 25.8 Å². The molecule has 0 radical (unpaired) electrons. The average molecular weight is 235 g/mol. The molecule has 2 atom stereocenters. The summed E-state index contributed by atoms with van der Waals surface area (Å²) in [5, 5.41) is 13.4. The van der Waals surface area contributed by atoms with Gasteiger partial charge in [0.2, 0.25) is 0 Å². The second-order valence-electron chi connectivity index (χ2n) is 4.79. The summed E-state index contributed by atoms with van der Waals surface area (Å²) < 4.78 is 5.09. The maximum absolute atomic E-state index is 9.78. The fraction of sp³-hybridized carbons (Fsp3) is 0.571. The van der Waals surface area contributed by atoms with E-state index in [9.17, 15) is 5.11 Å². The molecule has 0 heterocycles. The topological polar surface area (TPSA) is 41.5 Å². The van der Waals surface area contributed by atoms with Gasteiger partial charge in [0.05, 0.1) is 0 Å². The van der Waals surface area contributed by atoms with Gasteiger partial charge in [-0.15, -0.1) is 0 Å². The Morgan fingerprint density at radius 1 is 1.53 bits per heavy atom. The summed E-state index contributed by atoms with van der Waals surface area (Å²) >= 11 is 0. The van der Waals surface area contributed by atoms with Crippen LogP contribution in [0, 0.1) is 0 Å². The summed E-state index contributed by atoms with van der Waals surface area (Å²) in [6.07, 6.45) is 3.06. The molecule has 17 heavy (non-hydrogen) atoms. The zero-order chi connectivity index (χ0) is 12.3. The molecule has 0 bridgehead atoms. The van der Waals surface area contributed by atoms with E-state index in [-0.39, 0.29) is 0 Å². The molecule has 3 nitrogen and oxygen atoms in total. The molecular weight excluding hydrogens is 214 g/mol. The minimum Gasteiger partial charge on any atom is -0.508 e. The summed E-state index contributed by atoms with van der Waals surface area (Å²) in [5.74, 6) is 0.441. The Morgan fingerprint density at radius 3 is 3.12 bits per heavy atom. The Hall–Kier alpha value is -1.06. The first-order valence-electron chi connectivity index (χ1n) is 6.28. The van der Waals surface area contributed by atoms with Crippen LogP contribution in [0.2, 0.25) is 0 Å². The van der Waals surface area contributed by atoms with E-state index in [2.05, 4.69) is 18.3 Å². The number of hydrogen-bond donors (Lipinski definition) is 2. The lowest BCUT2D eigenvalue weighted by Gasteiger charge is -2.20. The molecule has 2 unspecified atom stereocenters. The van der Waals surface area contributed by atoms with Crippen molar-refractivity contribution in [2.45, 2.75) is 38.3 Å². The molecule has 0 aromatic heterocycles. The fourth-order valence-corrected chi connectivity index (χ4v) is 2.53. The molecule has 0 saturated heterocycles. The van der Waals surface area contributed by atoms with Gasteiger partial charge in [-0.2, -0.15) is 0 Å². The lowest BCUT2D eigenvalue weighted by Crippen LogP contribution is -2.30. The first-order valence-corrected chi connectivity index (χ1v) is 6.28. The summed E-state index contributed by atoms with van der Waals surface area (Å²) in [6, 6.07) is 6.63. The highest BCUT2D eigenvalue weighted by molar-refractivity contribution is 5.44. The van der Waals surface area contributed by atoms with Crippen LogP contribution in [0.25, 0.3) is 0 Å². The molecule has 3 heteroatoms. The zero-order valence-corrected chi connectivity index (χ0v) is 10.6. The van der Waals surface area contributed by atoms with Crippen molar-refractivity contribution in [1.29, 1.82) is 0 Å². The third kappa shape index (κ3) is 2.79. The molecule has 0 amide bonds. The van der Waals surface area contributed by atoms with Gasteiger partial charge in [-0.3, -0.25) is 0 Å². The smallest absolute Gasteiger partial charge is 0.119 e. The van der Waals surface area contributed by atoms with Crippen LogP contribution in [0.4, 0.5) is 0 Å². The Balaban J connectivity index is 2.00. The van der Waals surface area contributed by atoms with Crippen LogP contribution >= 0.6 is 0 Å². The van der Waals surface area contributed by atoms with Crippen LogP contribution < -0.4 is 5.32 Å². The predicted octanol–water partition coefficient (Wildman–Crippen LogP) is 2.39. The zero-order valence-electron chi connectivity index (χ0n) is 10.6. The van der Waals surface area contributed by atoms with Gasteiger partial charge >= 0.3 is 0 Å². The predicted molar refractivity (Wildman–Crippen MR) is 68.3 cm³/mol. The highest BCUT2D eigenvalue weighted by Gasteiger charge is 2.25. The molecule has 2 N–H and O–H groups in total. The highest BCUT2D eigenvalue weighted by Crippen LogP contribution is 2.36. The number of hydrogen-bond acceptors (Lipinski definition) is 3. The monoisotopic (exact) mass is 235 g/mol. The Morgan fingerprint density at radius 2 is 2.35 bits per heavy atom. The van der Waals surface area contributed by atoms with Crippen molar-refractivity contribution in [3.05, 3.63) is 29.3 Å². The number of ether oxygens (including phenoxy) is 1. The lowest BCUT2D eigenvalue weighted by molar-refractivity contribution is 0.182. The number of phenolic OH excluding ortho intramolecular Hbond substituents is 1. The number of aromatic hydroxyl groups is 1. The van der Waals surface area contributed by atoms with Crippen LogP contribution in [0.1, 0.15) is 36.9 Å². The summed E-state index contributed by atoms with van der Waals surface area (Å²) in [7, 11) is 1.73. The van der Waals surface area contributed by atoms with Gasteiger partial charge in [-0.05, 0) is 43.4 Å². The van der Waals surface area contributed by atoms with E-state index in [1.54, 1.807) is 13.2 Å². The van der Waals surface area contributed by atoms with E-state index in [4.69, 9.17) is 4.74 Å². The van der Waals surface area contributed by atoms with Crippen LogP contribution in [-0.4, -0.2) is 24.9 Å². The molecular formula is C14H21NO2. The Bertz CT molecular complexity index is 378. The number of fused-ring (bicyclic) bond motifs is 1. The van der Waals surface area contributed by atoms with Gasteiger partial charge in [0.15, 0.2) is 0 Å². The summed E-state index contributed by atoms with van der Waals surface area (Å²) in [4.78, 5) is 0. The van der Waals surface area contributed by atoms with Crippen molar-refractivity contribution >= 4 is 0 Å². The normalized spacial score (nSPS) is 20.2. The minimum atomic E-state index is 0.379. The molecule has 0 aliphatic heterocycles. The lowest BCUT2D eigenvalue weighted by atomic mass is 10.1. The van der Waals surface area contributed by atoms with Gasteiger partial charge in [0.1, 0.15) is 5.75 Å². The first kappa shape index (κ1) is 12.4. The molecule has 1 aromatic rings. The van der Waals surface area contributed by atoms with Crippen LogP contribution in [0.3, 0.4) is 0 Å². The van der Waals surface area contributed by atoms with Crippen LogP contribution in [0.15, 0.2) is 18.2 Å². The van der Waals surface area contributed by atoms with Crippen molar-refractivity contribution < 1.29 is 9.84 Å². The summed E-state index contributed by atoms with van der Waals surface area (Å²) in [5.41, 5.74) is 2.37. The third-order valence-electron chi connectivity index (χ3n) is 3.49. The Labute approximate surface area is 103 Å². The van der Waals surface area contributed by atoms with Gasteiger partial charge in [-0.1, -0.05) is 12.1 Å². The van der Waals surface area contributed by atoms with Crippen molar-refractivity contribution in [3.8, 4) is 5.75 Å². The molecule has 1 aromatic carbocycles. The third-order valence-corrected chi connectivity index (χ3v) is 3.49. The fourth-order valence-electron chi connectivity index (χ4n) is 2.53. The van der Waals surface area contributed by atoms with E-state index >= 15 is 0 Å². The van der Waals surface area contributed by atoms with Gasteiger partial charge in [0.25, 0.3) is 0 Å². The quantitative estimate of drug-likeness (QED) is 0.823. The molecule has 0 spiro atoms. The SMILES string of the molecule is COCCC(C)NC1CCc2c(O)cccc21. The number of nitrogens with one attached hydrogen (secondary N) is 1. The maximum Gasteiger partial charge on any atom is 0.119 e. The molecule has 94 valence electrons. The number of phenols is 1. The molecule has 0 fully saturated rings. The van der Waals surface area contributed by atoms with Gasteiger partial charge < -0.3 is 15.2 Å². The van der Waals surface area contributed by atoms with Crippen molar-refractivity contribution in [2.75, 3.05) is 13.7 Å². The first-order chi connectivity index (χ1) is 8.22. The molecule has 1 aliphatic carbocycles.